The van der Waals surface area contributed by atoms with Crippen LogP contribution < -0.4 is 0 Å². The number of aromatic nitrogens is 3. The maximum atomic E-state index is 11.9. The van der Waals surface area contributed by atoms with Crippen LogP contribution in [-0.4, -0.2) is 21.4 Å². The molecule has 0 aliphatic heterocycles. The van der Waals surface area contributed by atoms with Crippen molar-refractivity contribution in [3.8, 4) is 0 Å². The molecule has 0 spiro atoms. The Bertz CT molecular complexity index is 264. The first-order chi connectivity index (χ1) is 6.13. The van der Waals surface area contributed by atoms with Gasteiger partial charge in [-0.3, -0.25) is 0 Å². The van der Waals surface area contributed by atoms with Gasteiger partial charge in [0.2, 0.25) is 0 Å². The van der Waals surface area contributed by atoms with E-state index >= 15 is 0 Å². The zero-order chi connectivity index (χ0) is 9.84. The quantitative estimate of drug-likeness (QED) is 0.712. The zero-order valence-electron chi connectivity index (χ0n) is 7.12. The highest BCUT2D eigenvalue weighted by Crippen LogP contribution is 2.20. The molecule has 1 aromatic heterocycles. The summed E-state index contributed by atoms with van der Waals surface area (Å²) in [6, 6.07) is 0. The standard InChI is InChI=1S/C7H10ClF2N3/c1-2-5(8)6-3-13(12-11-6)4-7(9)10/h3,5,7H,2,4H2,1H3. The average Bonchev–Trinajstić information content (AvgIpc) is 2.50. The van der Waals surface area contributed by atoms with Crippen molar-refractivity contribution in [2.24, 2.45) is 0 Å². The van der Waals surface area contributed by atoms with E-state index in [4.69, 9.17) is 11.6 Å². The minimum atomic E-state index is -2.41. The number of hydrogen-bond acceptors (Lipinski definition) is 2. The summed E-state index contributed by atoms with van der Waals surface area (Å²) < 4.78 is 24.9. The Labute approximate surface area is 79.7 Å². The van der Waals surface area contributed by atoms with Crippen molar-refractivity contribution in [3.63, 3.8) is 0 Å². The summed E-state index contributed by atoms with van der Waals surface area (Å²) in [6.07, 6.45) is -0.257. The Kier molecular flexibility index (Phi) is 3.59. The van der Waals surface area contributed by atoms with Crippen LogP contribution in [0.4, 0.5) is 8.78 Å². The van der Waals surface area contributed by atoms with Gasteiger partial charge in [0.15, 0.2) is 0 Å². The predicted octanol–water partition coefficient (Wildman–Crippen LogP) is 2.23. The van der Waals surface area contributed by atoms with Crippen molar-refractivity contribution in [1.82, 2.24) is 15.0 Å². The van der Waals surface area contributed by atoms with E-state index in [1.165, 1.54) is 6.20 Å². The van der Waals surface area contributed by atoms with Gasteiger partial charge in [-0.2, -0.15) is 0 Å². The third kappa shape index (κ3) is 2.91. The molecular weight excluding hydrogens is 200 g/mol. The predicted molar refractivity (Wildman–Crippen MR) is 44.9 cm³/mol. The lowest BCUT2D eigenvalue weighted by molar-refractivity contribution is 0.121. The van der Waals surface area contributed by atoms with Gasteiger partial charge < -0.3 is 0 Å². The first-order valence-corrected chi connectivity index (χ1v) is 4.39. The van der Waals surface area contributed by atoms with Crippen molar-refractivity contribution in [2.75, 3.05) is 0 Å². The van der Waals surface area contributed by atoms with Gasteiger partial charge in [0, 0.05) is 0 Å². The van der Waals surface area contributed by atoms with E-state index in [9.17, 15) is 8.78 Å². The molecule has 1 unspecified atom stereocenters. The van der Waals surface area contributed by atoms with Crippen molar-refractivity contribution in [1.29, 1.82) is 0 Å². The van der Waals surface area contributed by atoms with Crippen LogP contribution in [0.5, 0.6) is 0 Å². The lowest BCUT2D eigenvalue weighted by atomic mass is 10.3. The van der Waals surface area contributed by atoms with Crippen molar-refractivity contribution in [2.45, 2.75) is 31.7 Å². The van der Waals surface area contributed by atoms with E-state index in [-0.39, 0.29) is 5.38 Å². The van der Waals surface area contributed by atoms with Crippen molar-refractivity contribution >= 4 is 11.6 Å². The smallest absolute Gasteiger partial charge is 0.246 e. The number of hydrogen-bond donors (Lipinski definition) is 0. The molecule has 0 bridgehead atoms. The van der Waals surface area contributed by atoms with Gasteiger partial charge >= 0.3 is 0 Å². The fourth-order valence-electron chi connectivity index (χ4n) is 0.897. The lowest BCUT2D eigenvalue weighted by Crippen LogP contribution is -2.06. The van der Waals surface area contributed by atoms with Gasteiger partial charge in [0.25, 0.3) is 6.43 Å². The summed E-state index contributed by atoms with van der Waals surface area (Å²) in [4.78, 5) is 0. The van der Waals surface area contributed by atoms with E-state index in [0.717, 1.165) is 4.68 Å². The van der Waals surface area contributed by atoms with E-state index in [0.29, 0.717) is 12.1 Å². The number of alkyl halides is 3. The van der Waals surface area contributed by atoms with Crippen LogP contribution in [0, 0.1) is 0 Å². The van der Waals surface area contributed by atoms with Crippen LogP contribution in [-0.2, 0) is 6.54 Å². The summed E-state index contributed by atoms with van der Waals surface area (Å²) in [6.45, 7) is 1.46. The van der Waals surface area contributed by atoms with Gasteiger partial charge in [-0.15, -0.1) is 16.7 Å². The highest BCUT2D eigenvalue weighted by atomic mass is 35.5. The number of nitrogens with zero attached hydrogens (tertiary/aromatic N) is 3. The highest BCUT2D eigenvalue weighted by Gasteiger charge is 2.11. The Morgan fingerprint density at radius 1 is 1.62 bits per heavy atom. The van der Waals surface area contributed by atoms with Crippen LogP contribution in [0.2, 0.25) is 0 Å². The molecule has 1 aromatic rings. The monoisotopic (exact) mass is 209 g/mol. The average molecular weight is 210 g/mol. The summed E-state index contributed by atoms with van der Waals surface area (Å²) in [5.41, 5.74) is 0.546. The van der Waals surface area contributed by atoms with E-state index < -0.39 is 13.0 Å². The Hall–Kier alpha value is -0.710. The van der Waals surface area contributed by atoms with Crippen LogP contribution in [0.3, 0.4) is 0 Å². The Morgan fingerprint density at radius 3 is 2.85 bits per heavy atom. The third-order valence-electron chi connectivity index (χ3n) is 1.56. The van der Waals surface area contributed by atoms with Crippen LogP contribution in [0.1, 0.15) is 24.4 Å². The summed E-state index contributed by atoms with van der Waals surface area (Å²) in [5, 5.41) is 6.97. The molecule has 0 fully saturated rings. The molecule has 1 atom stereocenters. The topological polar surface area (TPSA) is 30.7 Å². The molecule has 1 heterocycles. The minimum absolute atomic E-state index is 0.244. The molecular formula is C7H10ClF2N3. The molecule has 0 saturated carbocycles. The maximum Gasteiger partial charge on any atom is 0.257 e. The molecule has 0 aromatic carbocycles. The molecule has 0 aliphatic rings. The molecule has 0 radical (unpaired) electrons. The molecule has 6 heteroatoms. The minimum Gasteiger partial charge on any atom is -0.246 e. The van der Waals surface area contributed by atoms with Crippen LogP contribution >= 0.6 is 11.6 Å². The van der Waals surface area contributed by atoms with Gasteiger partial charge in [-0.25, -0.2) is 13.5 Å². The highest BCUT2D eigenvalue weighted by molar-refractivity contribution is 6.20. The van der Waals surface area contributed by atoms with E-state index in [1.54, 1.807) is 0 Å². The largest absolute Gasteiger partial charge is 0.257 e. The van der Waals surface area contributed by atoms with Crippen LogP contribution in [0.25, 0.3) is 0 Å². The molecule has 1 rings (SSSR count). The fourth-order valence-corrected chi connectivity index (χ4v) is 0.997. The summed E-state index contributed by atoms with van der Waals surface area (Å²) in [5.74, 6) is 0. The fraction of sp³-hybridized carbons (Fsp3) is 0.714. The molecule has 0 amide bonds. The number of rotatable bonds is 4. The zero-order valence-corrected chi connectivity index (χ0v) is 7.88. The van der Waals surface area contributed by atoms with Crippen molar-refractivity contribution < 1.29 is 8.78 Å². The second kappa shape index (κ2) is 4.50. The molecule has 0 N–H and O–H groups in total. The molecule has 74 valence electrons. The summed E-state index contributed by atoms with van der Waals surface area (Å²) in [7, 11) is 0. The SMILES string of the molecule is CCC(Cl)c1cn(CC(F)F)nn1. The Morgan fingerprint density at radius 2 is 2.31 bits per heavy atom. The lowest BCUT2D eigenvalue weighted by Gasteiger charge is -1.99. The molecule has 0 saturated heterocycles. The third-order valence-corrected chi connectivity index (χ3v) is 2.09. The van der Waals surface area contributed by atoms with Gasteiger partial charge in [0.1, 0.15) is 12.2 Å². The Balaban J connectivity index is 2.63. The van der Waals surface area contributed by atoms with E-state index in [1.807, 2.05) is 6.92 Å². The molecule has 3 nitrogen and oxygen atoms in total. The second-order valence-electron chi connectivity index (χ2n) is 2.63. The maximum absolute atomic E-state index is 11.9. The van der Waals surface area contributed by atoms with Gasteiger partial charge in [0.05, 0.1) is 11.6 Å². The normalized spacial score (nSPS) is 13.6. The molecule has 13 heavy (non-hydrogen) atoms. The van der Waals surface area contributed by atoms with Crippen molar-refractivity contribution in [3.05, 3.63) is 11.9 Å². The first-order valence-electron chi connectivity index (χ1n) is 3.95. The van der Waals surface area contributed by atoms with Gasteiger partial charge in [-0.05, 0) is 6.42 Å². The summed E-state index contributed by atoms with van der Waals surface area (Å²) >= 11 is 5.84. The molecule has 0 aliphatic carbocycles. The number of halogens is 3. The van der Waals surface area contributed by atoms with E-state index in [2.05, 4.69) is 10.3 Å². The first kappa shape index (κ1) is 10.4. The van der Waals surface area contributed by atoms with Gasteiger partial charge in [-0.1, -0.05) is 12.1 Å². The van der Waals surface area contributed by atoms with Crippen LogP contribution in [0.15, 0.2) is 6.20 Å². The second-order valence-corrected chi connectivity index (χ2v) is 3.16.